The Morgan fingerprint density at radius 1 is 1.41 bits per heavy atom. The summed E-state index contributed by atoms with van der Waals surface area (Å²) >= 11 is 0. The average Bonchev–Trinajstić information content (AvgIpc) is 2.29. The molecule has 1 heterocycles. The molecule has 0 saturated carbocycles. The lowest BCUT2D eigenvalue weighted by Crippen LogP contribution is -2.35. The predicted octanol–water partition coefficient (Wildman–Crippen LogP) is 2.63. The predicted molar refractivity (Wildman–Crippen MR) is 72.3 cm³/mol. The zero-order valence-electron chi connectivity index (χ0n) is 10.6. The van der Waals surface area contributed by atoms with Crippen molar-refractivity contribution in [1.29, 1.82) is 0 Å². The minimum atomic E-state index is 0.464. The minimum absolute atomic E-state index is 0.464. The average molecular weight is 235 g/mol. The fraction of sp³-hybridized carbons (Fsp3) is 0.615. The molecule has 0 bridgehead atoms. The van der Waals surface area contributed by atoms with Crippen LogP contribution in [-0.2, 0) is 0 Å². The van der Waals surface area contributed by atoms with Gasteiger partial charge in [0.2, 0.25) is 0 Å². The third kappa shape index (κ3) is 5.54. The summed E-state index contributed by atoms with van der Waals surface area (Å²) in [5.41, 5.74) is 1.79. The largest absolute Gasteiger partial charge is 0.299 e. The number of nitroso groups, excluding NO2 is 1. The summed E-state index contributed by atoms with van der Waals surface area (Å²) in [4.78, 5) is 16.7. The summed E-state index contributed by atoms with van der Waals surface area (Å²) in [5.74, 6) is 0.473. The quantitative estimate of drug-likeness (QED) is 0.525. The van der Waals surface area contributed by atoms with Crippen LogP contribution in [0.4, 0.5) is 0 Å². The van der Waals surface area contributed by atoms with E-state index in [0.717, 1.165) is 43.7 Å². The van der Waals surface area contributed by atoms with E-state index in [0.29, 0.717) is 12.5 Å². The highest BCUT2D eigenvalue weighted by Crippen LogP contribution is 2.17. The maximum atomic E-state index is 10.2. The van der Waals surface area contributed by atoms with E-state index in [1.165, 1.54) is 0 Å². The fourth-order valence-corrected chi connectivity index (χ4v) is 1.96. The van der Waals surface area contributed by atoms with Crippen LogP contribution < -0.4 is 0 Å². The van der Waals surface area contributed by atoms with E-state index in [4.69, 9.17) is 0 Å². The lowest BCUT2D eigenvalue weighted by molar-refractivity contribution is 0.203. The molecule has 0 aromatic carbocycles. The van der Waals surface area contributed by atoms with Crippen molar-refractivity contribution in [3.63, 3.8) is 0 Å². The van der Waals surface area contributed by atoms with Crippen molar-refractivity contribution in [2.45, 2.75) is 19.8 Å². The van der Waals surface area contributed by atoms with Crippen molar-refractivity contribution in [3.8, 4) is 0 Å². The van der Waals surface area contributed by atoms with Crippen LogP contribution in [0.15, 0.2) is 34.6 Å². The number of likely N-dealkylation sites (tertiary alicyclic amines) is 1. The Bertz CT molecular complexity index is 315. The summed E-state index contributed by atoms with van der Waals surface area (Å²) in [7, 11) is 0. The summed E-state index contributed by atoms with van der Waals surface area (Å²) in [5, 5.41) is 2.98. The van der Waals surface area contributed by atoms with Crippen molar-refractivity contribution in [3.05, 3.63) is 29.3 Å². The van der Waals surface area contributed by atoms with Gasteiger partial charge in [-0.05, 0) is 44.3 Å². The van der Waals surface area contributed by atoms with Crippen LogP contribution in [0.5, 0.6) is 0 Å². The van der Waals surface area contributed by atoms with Gasteiger partial charge in [-0.2, -0.15) is 4.91 Å². The molecule has 0 aliphatic carbocycles. The lowest BCUT2D eigenvalue weighted by Gasteiger charge is -2.30. The Hall–Kier alpha value is -1.29. The van der Waals surface area contributed by atoms with Crippen LogP contribution in [0.1, 0.15) is 19.8 Å². The van der Waals surface area contributed by atoms with E-state index in [1.807, 2.05) is 6.92 Å². The molecule has 4 heteroatoms. The Morgan fingerprint density at radius 2 is 2.06 bits per heavy atom. The SMILES string of the molecule is C=C(C=NC(=C)C)CN1CCC(CN=O)CC1. The highest BCUT2D eigenvalue weighted by atomic mass is 16.3. The smallest absolute Gasteiger partial charge is 0.0840 e. The van der Waals surface area contributed by atoms with Crippen molar-refractivity contribution in [1.82, 2.24) is 4.90 Å². The fourth-order valence-electron chi connectivity index (χ4n) is 1.96. The van der Waals surface area contributed by atoms with Crippen LogP contribution in [0, 0.1) is 10.8 Å². The second-order valence-corrected chi connectivity index (χ2v) is 4.68. The van der Waals surface area contributed by atoms with E-state index in [2.05, 4.69) is 28.2 Å². The van der Waals surface area contributed by atoms with Gasteiger partial charge in [0.25, 0.3) is 0 Å². The molecule has 4 nitrogen and oxygen atoms in total. The summed E-state index contributed by atoms with van der Waals surface area (Å²) in [6.45, 7) is 12.9. The molecule has 0 N–H and O–H groups in total. The molecule has 1 saturated heterocycles. The van der Waals surface area contributed by atoms with Crippen LogP contribution in [-0.4, -0.2) is 37.3 Å². The van der Waals surface area contributed by atoms with E-state index in [1.54, 1.807) is 6.21 Å². The van der Waals surface area contributed by atoms with Crippen LogP contribution in [0.2, 0.25) is 0 Å². The van der Waals surface area contributed by atoms with Gasteiger partial charge in [-0.15, -0.1) is 0 Å². The van der Waals surface area contributed by atoms with Gasteiger partial charge in [0, 0.05) is 18.5 Å². The molecular weight excluding hydrogens is 214 g/mol. The monoisotopic (exact) mass is 235 g/mol. The maximum absolute atomic E-state index is 10.2. The molecule has 17 heavy (non-hydrogen) atoms. The standard InChI is InChI=1S/C13H21N3O/c1-11(2)14-8-12(3)10-16-6-4-13(5-7-16)9-15-17/h8,13H,1,3-7,9-10H2,2H3. The highest BCUT2D eigenvalue weighted by Gasteiger charge is 2.19. The first-order valence-electron chi connectivity index (χ1n) is 6.00. The van der Waals surface area contributed by atoms with Crippen molar-refractivity contribution in [2.75, 3.05) is 26.2 Å². The third-order valence-electron chi connectivity index (χ3n) is 2.93. The normalized spacial score (nSPS) is 18.4. The number of piperidine rings is 1. The van der Waals surface area contributed by atoms with E-state index >= 15 is 0 Å². The summed E-state index contributed by atoms with van der Waals surface area (Å²) in [6, 6.07) is 0. The number of hydrogen-bond acceptors (Lipinski definition) is 4. The number of hydrogen-bond donors (Lipinski definition) is 0. The first-order valence-corrected chi connectivity index (χ1v) is 6.00. The number of rotatable bonds is 6. The number of allylic oxidation sites excluding steroid dienone is 1. The van der Waals surface area contributed by atoms with Crippen LogP contribution in [0.3, 0.4) is 0 Å². The zero-order valence-corrected chi connectivity index (χ0v) is 10.6. The first kappa shape index (κ1) is 13.8. The minimum Gasteiger partial charge on any atom is -0.299 e. The lowest BCUT2D eigenvalue weighted by atomic mass is 9.97. The van der Waals surface area contributed by atoms with Crippen LogP contribution >= 0.6 is 0 Å². The van der Waals surface area contributed by atoms with Crippen molar-refractivity contribution >= 4 is 6.21 Å². The molecule has 0 unspecified atom stereocenters. The Kier molecular flexibility index (Phi) is 5.77. The van der Waals surface area contributed by atoms with Gasteiger partial charge in [-0.3, -0.25) is 9.89 Å². The van der Waals surface area contributed by atoms with E-state index < -0.39 is 0 Å². The number of aliphatic imine (C=N–C) groups is 1. The Labute approximate surface area is 103 Å². The van der Waals surface area contributed by atoms with Gasteiger partial charge in [0.1, 0.15) is 0 Å². The number of nitrogens with zero attached hydrogens (tertiary/aromatic N) is 3. The molecular formula is C13H21N3O. The molecule has 0 spiro atoms. The molecule has 0 aromatic rings. The summed E-state index contributed by atoms with van der Waals surface area (Å²) in [6.07, 6.45) is 3.88. The Balaban J connectivity index is 2.28. The van der Waals surface area contributed by atoms with E-state index in [-0.39, 0.29) is 0 Å². The van der Waals surface area contributed by atoms with Gasteiger partial charge in [0.15, 0.2) is 0 Å². The highest BCUT2D eigenvalue weighted by molar-refractivity contribution is 5.78. The van der Waals surface area contributed by atoms with Crippen molar-refractivity contribution < 1.29 is 0 Å². The molecule has 1 rings (SSSR count). The van der Waals surface area contributed by atoms with Crippen LogP contribution in [0.25, 0.3) is 0 Å². The second-order valence-electron chi connectivity index (χ2n) is 4.68. The molecule has 1 aliphatic heterocycles. The molecule has 0 amide bonds. The zero-order chi connectivity index (χ0) is 12.7. The van der Waals surface area contributed by atoms with Gasteiger partial charge in [-0.25, -0.2) is 0 Å². The second kappa shape index (κ2) is 7.12. The Morgan fingerprint density at radius 3 is 2.59 bits per heavy atom. The molecule has 1 fully saturated rings. The van der Waals surface area contributed by atoms with Gasteiger partial charge in [0.05, 0.1) is 6.54 Å². The molecule has 94 valence electrons. The third-order valence-corrected chi connectivity index (χ3v) is 2.93. The van der Waals surface area contributed by atoms with Gasteiger partial charge >= 0.3 is 0 Å². The van der Waals surface area contributed by atoms with Crippen molar-refractivity contribution in [2.24, 2.45) is 16.1 Å². The maximum Gasteiger partial charge on any atom is 0.0840 e. The van der Waals surface area contributed by atoms with Gasteiger partial charge < -0.3 is 0 Å². The van der Waals surface area contributed by atoms with Gasteiger partial charge in [-0.1, -0.05) is 18.3 Å². The molecule has 1 aliphatic rings. The molecule has 0 radical (unpaired) electrons. The van der Waals surface area contributed by atoms with E-state index in [9.17, 15) is 4.91 Å². The summed E-state index contributed by atoms with van der Waals surface area (Å²) < 4.78 is 0. The molecule has 0 aromatic heterocycles. The topological polar surface area (TPSA) is 45.0 Å². The molecule has 0 atom stereocenters. The first-order chi connectivity index (χ1) is 8.11.